The standard InChI is InChI=1S/C17H20N2/c18-11-15-6-2-1-5-14(15)9-10-19-12-16-7-3-4-8-17(16)13-19/h1-8H,9-13,18H2. The van der Waals surface area contributed by atoms with E-state index in [1.54, 1.807) is 0 Å². The zero-order valence-electron chi connectivity index (χ0n) is 11.2. The van der Waals surface area contributed by atoms with Crippen LogP contribution in [0.2, 0.25) is 0 Å². The highest BCUT2D eigenvalue weighted by Gasteiger charge is 2.17. The average Bonchev–Trinajstić information content (AvgIpc) is 2.88. The molecule has 0 spiro atoms. The van der Waals surface area contributed by atoms with Gasteiger partial charge in [0.2, 0.25) is 0 Å². The Morgan fingerprint density at radius 2 is 1.42 bits per heavy atom. The van der Waals surface area contributed by atoms with E-state index in [0.717, 1.165) is 26.1 Å². The maximum Gasteiger partial charge on any atom is 0.0240 e. The topological polar surface area (TPSA) is 29.3 Å². The van der Waals surface area contributed by atoms with Gasteiger partial charge >= 0.3 is 0 Å². The molecule has 1 aliphatic rings. The number of nitrogens with two attached hydrogens (primary N) is 1. The highest BCUT2D eigenvalue weighted by molar-refractivity contribution is 5.31. The van der Waals surface area contributed by atoms with Crippen LogP contribution in [-0.4, -0.2) is 11.4 Å². The van der Waals surface area contributed by atoms with Gasteiger partial charge in [-0.05, 0) is 28.7 Å². The molecule has 0 aliphatic carbocycles. The summed E-state index contributed by atoms with van der Waals surface area (Å²) in [5.74, 6) is 0. The van der Waals surface area contributed by atoms with Gasteiger partial charge in [-0.15, -0.1) is 0 Å². The first-order chi connectivity index (χ1) is 9.36. The van der Waals surface area contributed by atoms with Gasteiger partial charge in [0.1, 0.15) is 0 Å². The van der Waals surface area contributed by atoms with Crippen molar-refractivity contribution in [2.24, 2.45) is 5.73 Å². The summed E-state index contributed by atoms with van der Waals surface area (Å²) in [6.45, 7) is 3.91. The largest absolute Gasteiger partial charge is 0.326 e. The lowest BCUT2D eigenvalue weighted by Gasteiger charge is -2.16. The van der Waals surface area contributed by atoms with Crippen molar-refractivity contribution in [3.63, 3.8) is 0 Å². The molecule has 3 rings (SSSR count). The first-order valence-corrected chi connectivity index (χ1v) is 6.93. The molecular weight excluding hydrogens is 232 g/mol. The normalized spacial score (nSPS) is 14.6. The molecule has 0 aromatic heterocycles. The number of hydrogen-bond acceptors (Lipinski definition) is 2. The molecule has 0 fully saturated rings. The van der Waals surface area contributed by atoms with Crippen molar-refractivity contribution in [2.75, 3.05) is 6.54 Å². The van der Waals surface area contributed by atoms with Crippen molar-refractivity contribution in [1.29, 1.82) is 0 Å². The van der Waals surface area contributed by atoms with Crippen molar-refractivity contribution < 1.29 is 0 Å². The van der Waals surface area contributed by atoms with Gasteiger partial charge in [-0.25, -0.2) is 0 Å². The molecular formula is C17H20N2. The number of benzene rings is 2. The van der Waals surface area contributed by atoms with Gasteiger partial charge in [-0.2, -0.15) is 0 Å². The molecule has 2 aromatic rings. The van der Waals surface area contributed by atoms with Crippen LogP contribution in [0.1, 0.15) is 22.3 Å². The Kier molecular flexibility index (Phi) is 3.62. The Morgan fingerprint density at radius 1 is 0.842 bits per heavy atom. The fourth-order valence-electron chi connectivity index (χ4n) is 2.84. The highest BCUT2D eigenvalue weighted by Crippen LogP contribution is 2.22. The van der Waals surface area contributed by atoms with Gasteiger partial charge in [0.15, 0.2) is 0 Å². The molecule has 0 atom stereocenters. The predicted molar refractivity (Wildman–Crippen MR) is 78.6 cm³/mol. The first-order valence-electron chi connectivity index (χ1n) is 6.93. The third-order valence-corrected chi connectivity index (χ3v) is 3.94. The minimum absolute atomic E-state index is 0.635. The van der Waals surface area contributed by atoms with Gasteiger partial charge in [-0.3, -0.25) is 4.90 Å². The number of fused-ring (bicyclic) bond motifs is 1. The Labute approximate surface area is 114 Å². The van der Waals surface area contributed by atoms with Crippen LogP contribution in [0.4, 0.5) is 0 Å². The van der Waals surface area contributed by atoms with Gasteiger partial charge < -0.3 is 5.73 Å². The summed E-state index contributed by atoms with van der Waals surface area (Å²) in [5, 5.41) is 0. The molecule has 2 nitrogen and oxygen atoms in total. The van der Waals surface area contributed by atoms with Gasteiger partial charge in [0.25, 0.3) is 0 Å². The lowest BCUT2D eigenvalue weighted by atomic mass is 10.0. The monoisotopic (exact) mass is 252 g/mol. The van der Waals surface area contributed by atoms with Crippen LogP contribution >= 0.6 is 0 Å². The quantitative estimate of drug-likeness (QED) is 0.906. The Hall–Kier alpha value is -1.64. The van der Waals surface area contributed by atoms with Crippen molar-refractivity contribution in [1.82, 2.24) is 4.90 Å². The molecule has 19 heavy (non-hydrogen) atoms. The SMILES string of the molecule is NCc1ccccc1CCN1Cc2ccccc2C1. The fourth-order valence-corrected chi connectivity index (χ4v) is 2.84. The van der Waals surface area contributed by atoms with Crippen LogP contribution in [0.15, 0.2) is 48.5 Å². The van der Waals surface area contributed by atoms with Crippen molar-refractivity contribution in [2.45, 2.75) is 26.1 Å². The van der Waals surface area contributed by atoms with E-state index in [-0.39, 0.29) is 0 Å². The predicted octanol–water partition coefficient (Wildman–Crippen LogP) is 2.70. The second kappa shape index (κ2) is 5.55. The fraction of sp³-hybridized carbons (Fsp3) is 0.294. The maximum absolute atomic E-state index is 5.79. The average molecular weight is 252 g/mol. The minimum Gasteiger partial charge on any atom is -0.326 e. The summed E-state index contributed by atoms with van der Waals surface area (Å²) < 4.78 is 0. The summed E-state index contributed by atoms with van der Waals surface area (Å²) in [6.07, 6.45) is 1.08. The van der Waals surface area contributed by atoms with Crippen molar-refractivity contribution in [3.05, 3.63) is 70.8 Å². The first kappa shape index (κ1) is 12.4. The van der Waals surface area contributed by atoms with E-state index in [0.29, 0.717) is 6.54 Å². The molecule has 0 saturated carbocycles. The molecule has 0 unspecified atom stereocenters. The number of hydrogen-bond donors (Lipinski definition) is 1. The molecule has 2 heteroatoms. The second-order valence-electron chi connectivity index (χ2n) is 5.20. The smallest absolute Gasteiger partial charge is 0.0240 e. The lowest BCUT2D eigenvalue weighted by molar-refractivity contribution is 0.288. The molecule has 0 bridgehead atoms. The maximum atomic E-state index is 5.79. The van der Waals surface area contributed by atoms with Gasteiger partial charge in [0, 0.05) is 26.2 Å². The highest BCUT2D eigenvalue weighted by atomic mass is 15.1. The molecule has 0 saturated heterocycles. The van der Waals surface area contributed by atoms with Gasteiger partial charge in [0.05, 0.1) is 0 Å². The molecule has 2 aromatic carbocycles. The number of nitrogens with zero attached hydrogens (tertiary/aromatic N) is 1. The van der Waals surface area contributed by atoms with Crippen molar-refractivity contribution >= 4 is 0 Å². The molecule has 1 aliphatic heterocycles. The molecule has 2 N–H and O–H groups in total. The van der Waals surface area contributed by atoms with Crippen LogP contribution in [0, 0.1) is 0 Å². The van der Waals surface area contributed by atoms with Crippen molar-refractivity contribution in [3.8, 4) is 0 Å². The number of rotatable bonds is 4. The summed E-state index contributed by atoms with van der Waals surface area (Å²) >= 11 is 0. The van der Waals surface area contributed by atoms with Crippen LogP contribution in [0.5, 0.6) is 0 Å². The van der Waals surface area contributed by atoms with E-state index in [9.17, 15) is 0 Å². The van der Waals surface area contributed by atoms with Gasteiger partial charge in [-0.1, -0.05) is 48.5 Å². The van der Waals surface area contributed by atoms with Crippen LogP contribution in [-0.2, 0) is 26.1 Å². The van der Waals surface area contributed by atoms with E-state index in [1.807, 2.05) is 0 Å². The second-order valence-corrected chi connectivity index (χ2v) is 5.20. The van der Waals surface area contributed by atoms with E-state index in [4.69, 9.17) is 5.73 Å². The third kappa shape index (κ3) is 2.70. The zero-order valence-corrected chi connectivity index (χ0v) is 11.2. The molecule has 0 radical (unpaired) electrons. The van der Waals surface area contributed by atoms with E-state index < -0.39 is 0 Å². The summed E-state index contributed by atoms with van der Waals surface area (Å²) in [6, 6.07) is 17.2. The summed E-state index contributed by atoms with van der Waals surface area (Å²) in [7, 11) is 0. The zero-order chi connectivity index (χ0) is 13.1. The minimum atomic E-state index is 0.635. The van der Waals surface area contributed by atoms with Crippen LogP contribution in [0.25, 0.3) is 0 Å². The van der Waals surface area contributed by atoms with E-state index in [1.165, 1.54) is 22.3 Å². The van der Waals surface area contributed by atoms with Crippen LogP contribution < -0.4 is 5.73 Å². The molecule has 98 valence electrons. The Balaban J connectivity index is 1.63. The third-order valence-electron chi connectivity index (χ3n) is 3.94. The summed E-state index contributed by atoms with van der Waals surface area (Å²) in [5.41, 5.74) is 11.4. The Morgan fingerprint density at radius 3 is 2.05 bits per heavy atom. The molecule has 1 heterocycles. The van der Waals surface area contributed by atoms with E-state index in [2.05, 4.69) is 53.4 Å². The summed E-state index contributed by atoms with van der Waals surface area (Å²) in [4.78, 5) is 2.51. The molecule has 0 amide bonds. The van der Waals surface area contributed by atoms with E-state index >= 15 is 0 Å². The lowest BCUT2D eigenvalue weighted by Crippen LogP contribution is -2.20. The Bertz CT molecular complexity index is 538. The van der Waals surface area contributed by atoms with Crippen LogP contribution in [0.3, 0.4) is 0 Å².